The summed E-state index contributed by atoms with van der Waals surface area (Å²) in [4.78, 5) is 0. The third kappa shape index (κ3) is 9.82. The van der Waals surface area contributed by atoms with Crippen LogP contribution in [0.1, 0.15) is 89.9 Å². The normalized spacial score (nSPS) is 18.8. The highest BCUT2D eigenvalue weighted by atomic mass is 16.7. The molecule has 1 saturated heterocycles. The Morgan fingerprint density at radius 2 is 1.54 bits per heavy atom. The van der Waals surface area contributed by atoms with Crippen molar-refractivity contribution in [3.63, 3.8) is 0 Å². The van der Waals surface area contributed by atoms with Gasteiger partial charge in [-0.15, -0.1) is 6.58 Å². The number of ether oxygens (including phenoxy) is 3. The molecule has 0 saturated carbocycles. The zero-order valence-electron chi connectivity index (χ0n) is 22.1. The summed E-state index contributed by atoms with van der Waals surface area (Å²) in [5, 5.41) is 0. The highest BCUT2D eigenvalue weighted by Gasteiger charge is 2.23. The van der Waals surface area contributed by atoms with E-state index < -0.39 is 0 Å². The van der Waals surface area contributed by atoms with Crippen LogP contribution in [0.25, 0.3) is 11.1 Å². The first-order valence-corrected chi connectivity index (χ1v) is 13.9. The van der Waals surface area contributed by atoms with E-state index in [1.165, 1.54) is 62.5 Å². The smallest absolute Gasteiger partial charge is 0.183 e. The highest BCUT2D eigenvalue weighted by Crippen LogP contribution is 2.30. The minimum Gasteiger partial charge on any atom is -0.494 e. The molecule has 1 fully saturated rings. The molecule has 0 amide bonds. The summed E-state index contributed by atoms with van der Waals surface area (Å²) < 4.78 is 18.0. The molecule has 3 heteroatoms. The second-order valence-electron chi connectivity index (χ2n) is 10.1. The topological polar surface area (TPSA) is 27.7 Å². The molecule has 0 aliphatic carbocycles. The molecule has 0 aromatic heterocycles. The summed E-state index contributed by atoms with van der Waals surface area (Å²) >= 11 is 0. The van der Waals surface area contributed by atoms with Gasteiger partial charge in [-0.05, 0) is 54.9 Å². The molecule has 1 aliphatic heterocycles. The summed E-state index contributed by atoms with van der Waals surface area (Å²) in [6.45, 7) is 10.8. The van der Waals surface area contributed by atoms with E-state index in [0.29, 0.717) is 5.92 Å². The maximum absolute atomic E-state index is 6.04. The number of allylic oxidation sites excluding steroid dienone is 1. The second kappa shape index (κ2) is 15.8. The van der Waals surface area contributed by atoms with E-state index in [1.54, 1.807) is 0 Å². The summed E-state index contributed by atoms with van der Waals surface area (Å²) in [6, 6.07) is 17.0. The lowest BCUT2D eigenvalue weighted by molar-refractivity contribution is -0.206. The van der Waals surface area contributed by atoms with Crippen LogP contribution in [0.15, 0.2) is 61.2 Å². The van der Waals surface area contributed by atoms with Crippen molar-refractivity contribution >= 4 is 0 Å². The van der Waals surface area contributed by atoms with Crippen LogP contribution in [-0.2, 0) is 9.47 Å². The molecule has 35 heavy (non-hydrogen) atoms. The molecule has 2 aromatic rings. The number of rotatable bonds is 16. The van der Waals surface area contributed by atoms with E-state index in [4.69, 9.17) is 14.2 Å². The fourth-order valence-electron chi connectivity index (χ4n) is 4.54. The molecule has 0 bridgehead atoms. The number of hydrogen-bond acceptors (Lipinski definition) is 3. The minimum atomic E-state index is -0.248. The SMILES string of the molecule is C=CCCCCCC1COC(c2ccc(-c3ccc(OCCCCC[C@@H](C)CC)cc3)cc2)OC1. The van der Waals surface area contributed by atoms with E-state index in [0.717, 1.165) is 49.9 Å². The molecule has 1 heterocycles. The van der Waals surface area contributed by atoms with E-state index in [9.17, 15) is 0 Å². The van der Waals surface area contributed by atoms with Gasteiger partial charge < -0.3 is 14.2 Å². The maximum atomic E-state index is 6.04. The molecule has 0 N–H and O–H groups in total. The van der Waals surface area contributed by atoms with Crippen LogP contribution in [0.5, 0.6) is 5.75 Å². The maximum Gasteiger partial charge on any atom is 0.183 e. The van der Waals surface area contributed by atoms with E-state index in [-0.39, 0.29) is 6.29 Å². The summed E-state index contributed by atoms with van der Waals surface area (Å²) in [7, 11) is 0. The first-order valence-electron chi connectivity index (χ1n) is 13.9. The first kappa shape index (κ1) is 27.5. The molecule has 0 radical (unpaired) electrons. The van der Waals surface area contributed by atoms with Gasteiger partial charge in [0.25, 0.3) is 0 Å². The van der Waals surface area contributed by atoms with Gasteiger partial charge in [0.15, 0.2) is 6.29 Å². The zero-order chi connectivity index (χ0) is 24.7. The quantitative estimate of drug-likeness (QED) is 0.178. The van der Waals surface area contributed by atoms with Crippen LogP contribution in [0.3, 0.4) is 0 Å². The number of unbranched alkanes of at least 4 members (excludes halogenated alkanes) is 5. The van der Waals surface area contributed by atoms with Crippen LogP contribution in [-0.4, -0.2) is 19.8 Å². The van der Waals surface area contributed by atoms with Crippen molar-refractivity contribution in [1.29, 1.82) is 0 Å². The fraction of sp³-hybridized carbons (Fsp3) is 0.562. The van der Waals surface area contributed by atoms with Gasteiger partial charge in [-0.3, -0.25) is 0 Å². The van der Waals surface area contributed by atoms with Gasteiger partial charge >= 0.3 is 0 Å². The monoisotopic (exact) mass is 478 g/mol. The fourth-order valence-corrected chi connectivity index (χ4v) is 4.54. The van der Waals surface area contributed by atoms with Gasteiger partial charge in [0.2, 0.25) is 0 Å². The molecule has 1 aliphatic rings. The van der Waals surface area contributed by atoms with Crippen molar-refractivity contribution in [2.45, 2.75) is 84.3 Å². The predicted octanol–water partition coefficient (Wildman–Crippen LogP) is 9.14. The van der Waals surface area contributed by atoms with Crippen LogP contribution in [0.2, 0.25) is 0 Å². The van der Waals surface area contributed by atoms with E-state index in [2.05, 4.69) is 69.0 Å². The Labute approximate surface area is 213 Å². The Balaban J connectivity index is 1.37. The lowest BCUT2D eigenvalue weighted by Crippen LogP contribution is -2.27. The van der Waals surface area contributed by atoms with Crippen molar-refractivity contribution in [3.8, 4) is 16.9 Å². The van der Waals surface area contributed by atoms with Gasteiger partial charge in [-0.1, -0.05) is 94.8 Å². The minimum absolute atomic E-state index is 0.248. The summed E-state index contributed by atoms with van der Waals surface area (Å²) in [5.41, 5.74) is 3.48. The van der Waals surface area contributed by atoms with Crippen LogP contribution >= 0.6 is 0 Å². The molecule has 0 unspecified atom stereocenters. The Kier molecular flexibility index (Phi) is 12.4. The van der Waals surface area contributed by atoms with Crippen molar-refractivity contribution in [1.82, 2.24) is 0 Å². The lowest BCUT2D eigenvalue weighted by Gasteiger charge is -2.29. The van der Waals surface area contributed by atoms with Crippen LogP contribution in [0.4, 0.5) is 0 Å². The van der Waals surface area contributed by atoms with Crippen LogP contribution in [0, 0.1) is 11.8 Å². The summed E-state index contributed by atoms with van der Waals surface area (Å²) in [5.74, 6) is 2.31. The number of hydrogen-bond donors (Lipinski definition) is 0. The lowest BCUT2D eigenvalue weighted by atomic mass is 10.0. The zero-order valence-corrected chi connectivity index (χ0v) is 22.1. The average Bonchev–Trinajstić information content (AvgIpc) is 2.91. The Hall–Kier alpha value is -2.10. The third-order valence-corrected chi connectivity index (χ3v) is 7.16. The molecule has 3 rings (SSSR count). The summed E-state index contributed by atoms with van der Waals surface area (Å²) in [6.07, 6.45) is 14.1. The van der Waals surface area contributed by atoms with Crippen LogP contribution < -0.4 is 4.74 Å². The Bertz CT molecular complexity index is 819. The molecule has 2 aromatic carbocycles. The van der Waals surface area contributed by atoms with Gasteiger partial charge in [0, 0.05) is 11.5 Å². The van der Waals surface area contributed by atoms with Crippen molar-refractivity contribution in [3.05, 3.63) is 66.7 Å². The average molecular weight is 479 g/mol. The van der Waals surface area contributed by atoms with Gasteiger partial charge in [-0.25, -0.2) is 0 Å². The van der Waals surface area contributed by atoms with Crippen molar-refractivity contribution in [2.24, 2.45) is 11.8 Å². The van der Waals surface area contributed by atoms with Gasteiger partial charge in [0.1, 0.15) is 5.75 Å². The molecule has 192 valence electrons. The van der Waals surface area contributed by atoms with Gasteiger partial charge in [0.05, 0.1) is 19.8 Å². The van der Waals surface area contributed by atoms with E-state index in [1.807, 2.05) is 6.08 Å². The Morgan fingerprint density at radius 1 is 0.886 bits per heavy atom. The predicted molar refractivity (Wildman–Crippen MR) is 147 cm³/mol. The number of benzene rings is 2. The third-order valence-electron chi connectivity index (χ3n) is 7.16. The molecule has 0 spiro atoms. The molecular formula is C32H46O3. The largest absolute Gasteiger partial charge is 0.494 e. The van der Waals surface area contributed by atoms with Crippen molar-refractivity contribution in [2.75, 3.05) is 19.8 Å². The second-order valence-corrected chi connectivity index (χ2v) is 10.1. The standard InChI is InChI=1S/C32H46O3/c1-4-6-7-8-11-14-27-24-34-32(35-25-27)30-17-15-28(16-18-30)29-19-21-31(22-20-29)33-23-12-9-10-13-26(3)5-2/h4,15-22,26-27,32H,1,5-14,23-25H2,2-3H3/t26-,27?,32?/m0/s1. The Morgan fingerprint density at radius 3 is 2.20 bits per heavy atom. The molecule has 1 atom stereocenters. The van der Waals surface area contributed by atoms with E-state index >= 15 is 0 Å². The highest BCUT2D eigenvalue weighted by molar-refractivity contribution is 5.64. The van der Waals surface area contributed by atoms with Gasteiger partial charge in [-0.2, -0.15) is 0 Å². The molecular weight excluding hydrogens is 432 g/mol. The van der Waals surface area contributed by atoms with Crippen molar-refractivity contribution < 1.29 is 14.2 Å². The molecule has 3 nitrogen and oxygen atoms in total. The first-order chi connectivity index (χ1) is 17.2.